The number of thiophene rings is 1. The molecule has 0 saturated carbocycles. The summed E-state index contributed by atoms with van der Waals surface area (Å²) in [4.78, 5) is 22.4. The van der Waals surface area contributed by atoms with Gasteiger partial charge in [-0.2, -0.15) is 11.3 Å². The van der Waals surface area contributed by atoms with Crippen LogP contribution < -0.4 is 10.6 Å². The average Bonchev–Trinajstić information content (AvgIpc) is 2.86. The third-order valence-corrected chi connectivity index (χ3v) is 2.70. The van der Waals surface area contributed by atoms with Gasteiger partial charge in [0.05, 0.1) is 6.10 Å². The predicted molar refractivity (Wildman–Crippen MR) is 65.5 cm³/mol. The average molecular weight is 254 g/mol. The van der Waals surface area contributed by atoms with Gasteiger partial charge < -0.3 is 15.7 Å². The summed E-state index contributed by atoms with van der Waals surface area (Å²) in [6, 6.07) is 1.76. The van der Waals surface area contributed by atoms with E-state index in [0.717, 1.165) is 5.56 Å². The molecule has 0 aliphatic heterocycles. The standard InChI is InChI=1S/C11H14N2O3S/c1-2-4-12-10(15)11(16)13-6-9(14)8-3-5-17-7-8/h2-3,5,7,9,14H,1,4,6H2,(H,12,15)(H,13,16). The SMILES string of the molecule is C=CCNC(=O)C(=O)NCC(O)c1ccsc1. The smallest absolute Gasteiger partial charge is 0.309 e. The van der Waals surface area contributed by atoms with E-state index in [1.54, 1.807) is 11.4 Å². The summed E-state index contributed by atoms with van der Waals surface area (Å²) in [5.41, 5.74) is 0.724. The highest BCUT2D eigenvalue weighted by Gasteiger charge is 2.14. The number of carbonyl (C=O) groups is 2. The summed E-state index contributed by atoms with van der Waals surface area (Å²) in [7, 11) is 0. The molecular formula is C11H14N2O3S. The minimum Gasteiger partial charge on any atom is -0.387 e. The van der Waals surface area contributed by atoms with Crippen LogP contribution in [0.3, 0.4) is 0 Å². The summed E-state index contributed by atoms with van der Waals surface area (Å²) in [6.07, 6.45) is 0.683. The number of aliphatic hydroxyl groups is 1. The third-order valence-electron chi connectivity index (χ3n) is 2.00. The van der Waals surface area contributed by atoms with Crippen LogP contribution in [0.2, 0.25) is 0 Å². The van der Waals surface area contributed by atoms with Crippen LogP contribution in [-0.4, -0.2) is 30.0 Å². The highest BCUT2D eigenvalue weighted by molar-refractivity contribution is 7.07. The van der Waals surface area contributed by atoms with Crippen LogP contribution in [0.15, 0.2) is 29.5 Å². The zero-order chi connectivity index (χ0) is 12.7. The summed E-state index contributed by atoms with van der Waals surface area (Å²) < 4.78 is 0. The normalized spacial score (nSPS) is 11.6. The molecule has 92 valence electrons. The minimum absolute atomic E-state index is 0.0110. The summed E-state index contributed by atoms with van der Waals surface area (Å²) in [6.45, 7) is 3.66. The zero-order valence-electron chi connectivity index (χ0n) is 9.18. The first-order valence-electron chi connectivity index (χ1n) is 5.02. The van der Waals surface area contributed by atoms with Crippen molar-refractivity contribution in [1.82, 2.24) is 10.6 Å². The van der Waals surface area contributed by atoms with Gasteiger partial charge >= 0.3 is 11.8 Å². The molecule has 0 spiro atoms. The van der Waals surface area contributed by atoms with Gasteiger partial charge in [-0.25, -0.2) is 0 Å². The van der Waals surface area contributed by atoms with Crippen molar-refractivity contribution >= 4 is 23.2 Å². The van der Waals surface area contributed by atoms with E-state index >= 15 is 0 Å². The molecular weight excluding hydrogens is 240 g/mol. The van der Waals surface area contributed by atoms with E-state index in [1.807, 2.05) is 5.38 Å². The number of amides is 2. The molecule has 0 saturated heterocycles. The maximum atomic E-state index is 11.3. The van der Waals surface area contributed by atoms with Gasteiger partial charge in [-0.05, 0) is 22.4 Å². The molecule has 3 N–H and O–H groups in total. The van der Waals surface area contributed by atoms with Crippen LogP contribution >= 0.6 is 11.3 Å². The molecule has 0 aromatic carbocycles. The number of hydrogen-bond donors (Lipinski definition) is 3. The van der Waals surface area contributed by atoms with Crippen LogP contribution in [0.25, 0.3) is 0 Å². The van der Waals surface area contributed by atoms with E-state index in [1.165, 1.54) is 17.4 Å². The molecule has 0 fully saturated rings. The van der Waals surface area contributed by atoms with Crippen LogP contribution in [0.4, 0.5) is 0 Å². The lowest BCUT2D eigenvalue weighted by Gasteiger charge is -2.10. The Labute approximate surface area is 103 Å². The Morgan fingerprint density at radius 2 is 2.18 bits per heavy atom. The van der Waals surface area contributed by atoms with E-state index < -0.39 is 17.9 Å². The molecule has 2 amide bonds. The molecule has 1 aromatic heterocycles. The van der Waals surface area contributed by atoms with Crippen molar-refractivity contribution in [1.29, 1.82) is 0 Å². The van der Waals surface area contributed by atoms with Gasteiger partial charge in [-0.1, -0.05) is 6.08 Å². The van der Waals surface area contributed by atoms with Gasteiger partial charge in [-0.3, -0.25) is 9.59 Å². The molecule has 1 unspecified atom stereocenters. The maximum Gasteiger partial charge on any atom is 0.309 e. The maximum absolute atomic E-state index is 11.3. The van der Waals surface area contributed by atoms with Crippen molar-refractivity contribution in [3.63, 3.8) is 0 Å². The van der Waals surface area contributed by atoms with E-state index in [0.29, 0.717) is 0 Å². The molecule has 1 heterocycles. The second-order valence-electron chi connectivity index (χ2n) is 3.28. The Kier molecular flexibility index (Phi) is 5.38. The van der Waals surface area contributed by atoms with Gasteiger partial charge in [0, 0.05) is 13.1 Å². The largest absolute Gasteiger partial charge is 0.387 e. The first-order chi connectivity index (χ1) is 8.15. The molecule has 1 atom stereocenters. The zero-order valence-corrected chi connectivity index (χ0v) is 10.00. The molecule has 0 radical (unpaired) electrons. The van der Waals surface area contributed by atoms with Crippen LogP contribution in [0.5, 0.6) is 0 Å². The predicted octanol–water partition coefficient (Wildman–Crippen LogP) is 0.200. The molecule has 0 aliphatic carbocycles. The van der Waals surface area contributed by atoms with Gasteiger partial charge in [0.25, 0.3) is 0 Å². The van der Waals surface area contributed by atoms with Crippen molar-refractivity contribution in [3.8, 4) is 0 Å². The molecule has 1 aromatic rings. The second kappa shape index (κ2) is 6.82. The van der Waals surface area contributed by atoms with Crippen LogP contribution in [-0.2, 0) is 9.59 Å². The highest BCUT2D eigenvalue weighted by Crippen LogP contribution is 2.14. The number of aliphatic hydroxyl groups excluding tert-OH is 1. The van der Waals surface area contributed by atoms with E-state index in [2.05, 4.69) is 17.2 Å². The van der Waals surface area contributed by atoms with Crippen molar-refractivity contribution in [3.05, 3.63) is 35.0 Å². The van der Waals surface area contributed by atoms with Gasteiger partial charge in [0.15, 0.2) is 0 Å². The number of rotatable bonds is 5. The lowest BCUT2D eigenvalue weighted by Crippen LogP contribution is -2.41. The summed E-state index contributed by atoms with van der Waals surface area (Å²) >= 11 is 1.46. The summed E-state index contributed by atoms with van der Waals surface area (Å²) in [5.74, 6) is -1.50. The van der Waals surface area contributed by atoms with Crippen molar-refractivity contribution < 1.29 is 14.7 Å². The van der Waals surface area contributed by atoms with Crippen molar-refractivity contribution in [2.75, 3.05) is 13.1 Å². The quantitative estimate of drug-likeness (QED) is 0.519. The first-order valence-corrected chi connectivity index (χ1v) is 5.96. The van der Waals surface area contributed by atoms with Gasteiger partial charge in [-0.15, -0.1) is 6.58 Å². The molecule has 17 heavy (non-hydrogen) atoms. The summed E-state index contributed by atoms with van der Waals surface area (Å²) in [5, 5.41) is 18.0. The Morgan fingerprint density at radius 1 is 1.47 bits per heavy atom. The molecule has 0 bridgehead atoms. The topological polar surface area (TPSA) is 78.4 Å². The van der Waals surface area contributed by atoms with E-state index in [4.69, 9.17) is 0 Å². The lowest BCUT2D eigenvalue weighted by molar-refractivity contribution is -0.139. The minimum atomic E-state index is -0.794. The van der Waals surface area contributed by atoms with Crippen LogP contribution in [0.1, 0.15) is 11.7 Å². The Balaban J connectivity index is 2.32. The highest BCUT2D eigenvalue weighted by atomic mass is 32.1. The Morgan fingerprint density at radius 3 is 2.76 bits per heavy atom. The Bertz CT molecular complexity index is 389. The fourth-order valence-corrected chi connectivity index (χ4v) is 1.80. The molecule has 5 nitrogen and oxygen atoms in total. The van der Waals surface area contributed by atoms with Crippen molar-refractivity contribution in [2.45, 2.75) is 6.10 Å². The fraction of sp³-hybridized carbons (Fsp3) is 0.273. The van der Waals surface area contributed by atoms with Crippen molar-refractivity contribution in [2.24, 2.45) is 0 Å². The van der Waals surface area contributed by atoms with Gasteiger partial charge in [0.1, 0.15) is 0 Å². The Hall–Kier alpha value is -1.66. The number of hydrogen-bond acceptors (Lipinski definition) is 4. The first kappa shape index (κ1) is 13.4. The number of nitrogens with one attached hydrogen (secondary N) is 2. The number of carbonyl (C=O) groups excluding carboxylic acids is 2. The lowest BCUT2D eigenvalue weighted by atomic mass is 10.2. The second-order valence-corrected chi connectivity index (χ2v) is 4.06. The monoisotopic (exact) mass is 254 g/mol. The molecule has 6 heteroatoms. The molecule has 1 rings (SSSR count). The van der Waals surface area contributed by atoms with Crippen LogP contribution in [0, 0.1) is 0 Å². The fourth-order valence-electron chi connectivity index (χ4n) is 1.10. The third kappa shape index (κ3) is 4.38. The van der Waals surface area contributed by atoms with Gasteiger partial charge in [0.2, 0.25) is 0 Å². The van der Waals surface area contributed by atoms with E-state index in [9.17, 15) is 14.7 Å². The van der Waals surface area contributed by atoms with E-state index in [-0.39, 0.29) is 13.1 Å². The molecule has 0 aliphatic rings.